The van der Waals surface area contributed by atoms with E-state index in [2.05, 4.69) is 25.9 Å². The Balaban J connectivity index is 1.55. The number of thiocarbonyl (C=S) groups is 1. The Morgan fingerprint density at radius 3 is 2.69 bits per heavy atom. The molecule has 0 saturated carbocycles. The molecule has 1 amide bonds. The number of amides is 1. The second-order valence-electron chi connectivity index (χ2n) is 6.00. The number of fused-ring (bicyclic) bond motifs is 1. The number of carbonyl (C=O) groups is 1. The second kappa shape index (κ2) is 7.94. The van der Waals surface area contributed by atoms with Crippen molar-refractivity contribution in [3.8, 4) is 16.3 Å². The number of nitrogens with zero attached hydrogens (tertiary/aromatic N) is 4. The molecular weight excluding hydrogens is 408 g/mol. The number of aromatic nitrogens is 4. The van der Waals surface area contributed by atoms with Gasteiger partial charge in [-0.15, -0.1) is 10.2 Å². The molecule has 0 unspecified atom stereocenters. The Morgan fingerprint density at radius 2 is 1.90 bits per heavy atom. The van der Waals surface area contributed by atoms with Gasteiger partial charge >= 0.3 is 0 Å². The van der Waals surface area contributed by atoms with Crippen LogP contribution in [0.25, 0.3) is 15.5 Å². The fourth-order valence-electron chi connectivity index (χ4n) is 2.76. The van der Waals surface area contributed by atoms with Gasteiger partial charge < -0.3 is 10.1 Å². The molecule has 8 nitrogen and oxygen atoms in total. The largest absolute Gasteiger partial charge is 0.496 e. The number of anilines is 1. The molecule has 0 saturated heterocycles. The van der Waals surface area contributed by atoms with Crippen LogP contribution >= 0.6 is 23.6 Å². The summed E-state index contributed by atoms with van der Waals surface area (Å²) >= 11 is 6.76. The average Bonchev–Trinajstić information content (AvgIpc) is 3.30. The van der Waals surface area contributed by atoms with E-state index in [1.165, 1.54) is 18.4 Å². The van der Waals surface area contributed by atoms with Crippen LogP contribution in [-0.2, 0) is 0 Å². The zero-order chi connectivity index (χ0) is 20.4. The molecule has 2 aromatic carbocycles. The van der Waals surface area contributed by atoms with E-state index in [9.17, 15) is 4.79 Å². The van der Waals surface area contributed by atoms with Crippen LogP contribution in [0.15, 0.2) is 48.5 Å². The lowest BCUT2D eigenvalue weighted by molar-refractivity contribution is 0.0975. The van der Waals surface area contributed by atoms with Crippen molar-refractivity contribution in [3.63, 3.8) is 0 Å². The van der Waals surface area contributed by atoms with E-state index in [1.54, 1.807) is 28.8 Å². The molecule has 2 N–H and O–H groups in total. The van der Waals surface area contributed by atoms with E-state index < -0.39 is 0 Å². The summed E-state index contributed by atoms with van der Waals surface area (Å²) in [6.07, 6.45) is 0. The maximum Gasteiger partial charge on any atom is 0.261 e. The van der Waals surface area contributed by atoms with Gasteiger partial charge in [0, 0.05) is 5.56 Å². The van der Waals surface area contributed by atoms with Crippen molar-refractivity contribution in [3.05, 3.63) is 59.9 Å². The van der Waals surface area contributed by atoms with Crippen molar-refractivity contribution >= 4 is 45.2 Å². The quantitative estimate of drug-likeness (QED) is 0.486. The SMILES string of the molecule is COc1ccccc1C(=O)NC(=S)Nc1ccccc1-c1nn2c(C)nnc2s1. The Bertz CT molecular complexity index is 1220. The van der Waals surface area contributed by atoms with Gasteiger partial charge in [0.2, 0.25) is 4.96 Å². The van der Waals surface area contributed by atoms with Gasteiger partial charge in [0.1, 0.15) is 10.8 Å². The molecule has 4 aromatic rings. The van der Waals surface area contributed by atoms with Crippen LogP contribution in [0, 0.1) is 6.92 Å². The highest BCUT2D eigenvalue weighted by atomic mass is 32.1. The van der Waals surface area contributed by atoms with E-state index >= 15 is 0 Å². The van der Waals surface area contributed by atoms with Crippen molar-refractivity contribution in [2.24, 2.45) is 0 Å². The second-order valence-corrected chi connectivity index (χ2v) is 7.37. The zero-order valence-electron chi connectivity index (χ0n) is 15.5. The number of hydrogen-bond acceptors (Lipinski definition) is 7. The number of carbonyl (C=O) groups excluding carboxylic acids is 1. The van der Waals surface area contributed by atoms with E-state index in [0.717, 1.165) is 16.3 Å². The molecular formula is C19H16N6O2S2. The van der Waals surface area contributed by atoms with Crippen molar-refractivity contribution in [1.82, 2.24) is 25.1 Å². The topological polar surface area (TPSA) is 93.4 Å². The Hall–Kier alpha value is -3.37. The Kier molecular flexibility index (Phi) is 5.19. The van der Waals surface area contributed by atoms with Gasteiger partial charge in [-0.3, -0.25) is 10.1 Å². The molecule has 146 valence electrons. The summed E-state index contributed by atoms with van der Waals surface area (Å²) in [6.45, 7) is 1.84. The monoisotopic (exact) mass is 424 g/mol. The number of benzene rings is 2. The number of ether oxygens (including phenoxy) is 1. The van der Waals surface area contributed by atoms with Crippen molar-refractivity contribution in [1.29, 1.82) is 0 Å². The van der Waals surface area contributed by atoms with Gasteiger partial charge in [-0.1, -0.05) is 35.6 Å². The lowest BCUT2D eigenvalue weighted by Crippen LogP contribution is -2.34. The number of rotatable bonds is 4. The van der Waals surface area contributed by atoms with Crippen molar-refractivity contribution in [2.75, 3.05) is 12.4 Å². The predicted octanol–water partition coefficient (Wildman–Crippen LogP) is 3.30. The predicted molar refractivity (Wildman–Crippen MR) is 116 cm³/mol. The number of methoxy groups -OCH3 is 1. The minimum atomic E-state index is -0.355. The first kappa shape index (κ1) is 19.0. The molecule has 10 heteroatoms. The van der Waals surface area contributed by atoms with Gasteiger partial charge in [0.15, 0.2) is 10.9 Å². The molecule has 2 aromatic heterocycles. The lowest BCUT2D eigenvalue weighted by Gasteiger charge is -2.13. The first-order chi connectivity index (χ1) is 14.1. The summed E-state index contributed by atoms with van der Waals surface area (Å²) in [5.41, 5.74) is 1.97. The molecule has 0 fully saturated rings. The number of para-hydroxylation sites is 2. The molecule has 0 aliphatic carbocycles. The summed E-state index contributed by atoms with van der Waals surface area (Å²) in [5, 5.41) is 19.4. The van der Waals surface area contributed by atoms with Crippen LogP contribution in [0.3, 0.4) is 0 Å². The minimum absolute atomic E-state index is 0.174. The molecule has 0 atom stereocenters. The third-order valence-electron chi connectivity index (χ3n) is 4.13. The van der Waals surface area contributed by atoms with Crippen LogP contribution in [0.1, 0.15) is 16.2 Å². The third kappa shape index (κ3) is 3.80. The fourth-order valence-corrected chi connectivity index (χ4v) is 3.89. The van der Waals surface area contributed by atoms with E-state index in [0.29, 0.717) is 22.1 Å². The maximum absolute atomic E-state index is 12.6. The third-order valence-corrected chi connectivity index (χ3v) is 5.27. The summed E-state index contributed by atoms with van der Waals surface area (Å²) in [7, 11) is 1.51. The molecule has 0 spiro atoms. The molecule has 0 radical (unpaired) electrons. The van der Waals surface area contributed by atoms with Gasteiger partial charge in [-0.2, -0.15) is 9.61 Å². The Morgan fingerprint density at radius 1 is 1.14 bits per heavy atom. The smallest absolute Gasteiger partial charge is 0.261 e. The van der Waals surface area contributed by atoms with E-state index in [-0.39, 0.29) is 11.0 Å². The molecule has 2 heterocycles. The highest BCUT2D eigenvalue weighted by molar-refractivity contribution is 7.80. The highest BCUT2D eigenvalue weighted by Gasteiger charge is 2.16. The van der Waals surface area contributed by atoms with Gasteiger partial charge in [0.25, 0.3) is 5.91 Å². The van der Waals surface area contributed by atoms with Crippen LogP contribution in [0.5, 0.6) is 5.75 Å². The summed E-state index contributed by atoms with van der Waals surface area (Å²) < 4.78 is 6.92. The first-order valence-electron chi connectivity index (χ1n) is 8.60. The van der Waals surface area contributed by atoms with Crippen molar-refractivity contribution in [2.45, 2.75) is 6.92 Å². The number of nitrogens with one attached hydrogen (secondary N) is 2. The zero-order valence-corrected chi connectivity index (χ0v) is 17.2. The molecule has 0 aliphatic heterocycles. The first-order valence-corrected chi connectivity index (χ1v) is 9.83. The lowest BCUT2D eigenvalue weighted by atomic mass is 10.2. The summed E-state index contributed by atoms with van der Waals surface area (Å²) in [4.78, 5) is 13.3. The van der Waals surface area contributed by atoms with Crippen molar-refractivity contribution < 1.29 is 9.53 Å². The minimum Gasteiger partial charge on any atom is -0.496 e. The number of hydrogen-bond donors (Lipinski definition) is 2. The van der Waals surface area contributed by atoms with E-state index in [1.807, 2.05) is 31.2 Å². The van der Waals surface area contributed by atoms with Gasteiger partial charge in [-0.25, -0.2) is 0 Å². The van der Waals surface area contributed by atoms with Gasteiger partial charge in [0.05, 0.1) is 18.4 Å². The molecule has 0 aliphatic rings. The van der Waals surface area contributed by atoms with Crippen LogP contribution in [-0.4, -0.2) is 37.9 Å². The van der Waals surface area contributed by atoms with E-state index in [4.69, 9.17) is 17.0 Å². The fraction of sp³-hybridized carbons (Fsp3) is 0.105. The van der Waals surface area contributed by atoms with Gasteiger partial charge in [-0.05, 0) is 43.4 Å². The highest BCUT2D eigenvalue weighted by Crippen LogP contribution is 2.31. The Labute approximate surface area is 175 Å². The molecule has 4 rings (SSSR count). The summed E-state index contributed by atoms with van der Waals surface area (Å²) in [6, 6.07) is 14.5. The maximum atomic E-state index is 12.6. The normalized spacial score (nSPS) is 10.7. The molecule has 29 heavy (non-hydrogen) atoms. The van der Waals surface area contributed by atoms with Crippen LogP contribution < -0.4 is 15.4 Å². The standard InChI is InChI=1S/C19H16N6O2S2/c1-11-22-23-19-25(11)24-17(29-19)12-7-3-5-9-14(12)20-18(28)21-16(26)13-8-4-6-10-15(13)27-2/h3-10H,1-2H3,(H2,20,21,26,28). The average molecular weight is 425 g/mol. The van der Waals surface area contributed by atoms with Crippen LogP contribution in [0.4, 0.5) is 5.69 Å². The number of aryl methyl sites for hydroxylation is 1. The summed E-state index contributed by atoms with van der Waals surface area (Å²) in [5.74, 6) is 0.836. The van der Waals surface area contributed by atoms with Crippen LogP contribution in [0.2, 0.25) is 0 Å². The molecule has 0 bridgehead atoms.